The van der Waals surface area contributed by atoms with Crippen molar-refractivity contribution in [1.82, 2.24) is 0 Å². The summed E-state index contributed by atoms with van der Waals surface area (Å²) in [5.74, 6) is -5.62. The molecular formula is C13H7F3O2. The first-order valence-corrected chi connectivity index (χ1v) is 4.98. The highest BCUT2D eigenvalue weighted by molar-refractivity contribution is 5.82. The van der Waals surface area contributed by atoms with Gasteiger partial charge in [-0.25, -0.2) is 13.2 Å². The fourth-order valence-electron chi connectivity index (χ4n) is 1.63. The Morgan fingerprint density at radius 1 is 0.944 bits per heavy atom. The van der Waals surface area contributed by atoms with E-state index in [0.29, 0.717) is 0 Å². The standard InChI is InChI=1S/C13H7F3O2/c14-10-8(6-17)13(18)12(16)9(11(10)15)7-4-2-1-3-5-7/h1-6,18H. The molecule has 0 radical (unpaired) electrons. The van der Waals surface area contributed by atoms with Gasteiger partial charge in [-0.2, -0.15) is 0 Å². The average Bonchev–Trinajstić information content (AvgIpc) is 2.39. The van der Waals surface area contributed by atoms with Crippen molar-refractivity contribution in [2.24, 2.45) is 0 Å². The predicted octanol–water partition coefficient (Wildman–Crippen LogP) is 3.29. The predicted molar refractivity (Wildman–Crippen MR) is 58.8 cm³/mol. The zero-order valence-electron chi connectivity index (χ0n) is 8.95. The van der Waals surface area contributed by atoms with Crippen LogP contribution in [0.15, 0.2) is 30.3 Å². The molecule has 0 amide bonds. The number of phenolic OH excluding ortho intramolecular Hbond substituents is 1. The Morgan fingerprint density at radius 2 is 1.56 bits per heavy atom. The molecule has 0 aliphatic heterocycles. The molecule has 5 heteroatoms. The maximum Gasteiger partial charge on any atom is 0.176 e. The first-order valence-electron chi connectivity index (χ1n) is 4.98. The zero-order chi connectivity index (χ0) is 13.3. The highest BCUT2D eigenvalue weighted by Crippen LogP contribution is 2.35. The minimum Gasteiger partial charge on any atom is -0.504 e. The minimum absolute atomic E-state index is 0.0687. The number of hydrogen-bond donors (Lipinski definition) is 1. The summed E-state index contributed by atoms with van der Waals surface area (Å²) in [7, 11) is 0. The molecule has 1 N–H and O–H groups in total. The van der Waals surface area contributed by atoms with Crippen molar-refractivity contribution in [3.8, 4) is 16.9 Å². The third kappa shape index (κ3) is 1.73. The molecule has 0 aliphatic carbocycles. The summed E-state index contributed by atoms with van der Waals surface area (Å²) < 4.78 is 40.9. The van der Waals surface area contributed by atoms with E-state index < -0.39 is 34.3 Å². The minimum atomic E-state index is -1.57. The molecule has 0 spiro atoms. The van der Waals surface area contributed by atoms with Crippen LogP contribution in [0.25, 0.3) is 11.1 Å². The fourth-order valence-corrected chi connectivity index (χ4v) is 1.63. The monoisotopic (exact) mass is 252 g/mol. The molecule has 0 saturated carbocycles. The second-order valence-corrected chi connectivity index (χ2v) is 3.56. The number of aromatic hydroxyl groups is 1. The van der Waals surface area contributed by atoms with Gasteiger partial charge in [0.05, 0.1) is 11.1 Å². The third-order valence-electron chi connectivity index (χ3n) is 2.51. The maximum absolute atomic E-state index is 13.8. The van der Waals surface area contributed by atoms with Gasteiger partial charge in [0.2, 0.25) is 0 Å². The van der Waals surface area contributed by atoms with Crippen LogP contribution in [0, 0.1) is 17.5 Å². The van der Waals surface area contributed by atoms with Crippen LogP contribution in [0.2, 0.25) is 0 Å². The van der Waals surface area contributed by atoms with Crippen LogP contribution in [-0.4, -0.2) is 11.4 Å². The van der Waals surface area contributed by atoms with Gasteiger partial charge in [-0.1, -0.05) is 30.3 Å². The van der Waals surface area contributed by atoms with Crippen molar-refractivity contribution in [1.29, 1.82) is 0 Å². The van der Waals surface area contributed by atoms with E-state index in [1.165, 1.54) is 24.3 Å². The van der Waals surface area contributed by atoms with Gasteiger partial charge in [-0.15, -0.1) is 0 Å². The van der Waals surface area contributed by atoms with Gasteiger partial charge in [-0.3, -0.25) is 4.79 Å². The van der Waals surface area contributed by atoms with Gasteiger partial charge < -0.3 is 5.11 Å². The van der Waals surface area contributed by atoms with E-state index in [2.05, 4.69) is 0 Å². The van der Waals surface area contributed by atoms with Crippen molar-refractivity contribution in [3.63, 3.8) is 0 Å². The van der Waals surface area contributed by atoms with Crippen molar-refractivity contribution < 1.29 is 23.1 Å². The molecule has 0 atom stereocenters. The Balaban J connectivity index is 2.82. The van der Waals surface area contributed by atoms with Crippen molar-refractivity contribution in [2.75, 3.05) is 0 Å². The normalized spacial score (nSPS) is 10.4. The number of rotatable bonds is 2. The van der Waals surface area contributed by atoms with Crippen LogP contribution in [0.4, 0.5) is 13.2 Å². The topological polar surface area (TPSA) is 37.3 Å². The fraction of sp³-hybridized carbons (Fsp3) is 0. The molecule has 18 heavy (non-hydrogen) atoms. The molecule has 0 heterocycles. The summed E-state index contributed by atoms with van der Waals surface area (Å²) >= 11 is 0. The Bertz CT molecular complexity index is 580. The van der Waals surface area contributed by atoms with E-state index >= 15 is 0 Å². The number of halogens is 3. The Kier molecular flexibility index (Phi) is 3.06. The molecule has 2 aromatic carbocycles. The van der Waals surface area contributed by atoms with Crippen LogP contribution >= 0.6 is 0 Å². The third-order valence-corrected chi connectivity index (χ3v) is 2.51. The maximum atomic E-state index is 13.8. The second kappa shape index (κ2) is 4.52. The Morgan fingerprint density at radius 3 is 2.11 bits per heavy atom. The van der Waals surface area contributed by atoms with E-state index in [-0.39, 0.29) is 11.8 Å². The Hall–Kier alpha value is -2.30. The summed E-state index contributed by atoms with van der Waals surface area (Å²) in [6.07, 6.45) is -0.133. The highest BCUT2D eigenvalue weighted by atomic mass is 19.2. The molecule has 2 rings (SSSR count). The number of carbonyl (C=O) groups excluding carboxylic acids is 1. The number of benzene rings is 2. The van der Waals surface area contributed by atoms with E-state index in [0.717, 1.165) is 0 Å². The van der Waals surface area contributed by atoms with Gasteiger partial charge in [-0.05, 0) is 5.56 Å². The van der Waals surface area contributed by atoms with Crippen LogP contribution in [0.5, 0.6) is 5.75 Å². The van der Waals surface area contributed by atoms with Gasteiger partial charge in [0.25, 0.3) is 0 Å². The second-order valence-electron chi connectivity index (χ2n) is 3.56. The van der Waals surface area contributed by atoms with Gasteiger partial charge in [0, 0.05) is 0 Å². The van der Waals surface area contributed by atoms with Gasteiger partial charge in [0.15, 0.2) is 29.5 Å². The molecular weight excluding hydrogens is 245 g/mol. The summed E-state index contributed by atoms with van der Waals surface area (Å²) in [6, 6.07) is 7.37. The van der Waals surface area contributed by atoms with Crippen LogP contribution < -0.4 is 0 Å². The number of aldehydes is 1. The lowest BCUT2D eigenvalue weighted by Crippen LogP contribution is -2.01. The van der Waals surface area contributed by atoms with Crippen molar-refractivity contribution in [2.45, 2.75) is 0 Å². The molecule has 0 bridgehead atoms. The molecule has 2 aromatic rings. The number of phenols is 1. The molecule has 0 aromatic heterocycles. The lowest BCUT2D eigenvalue weighted by atomic mass is 10.0. The quantitative estimate of drug-likeness (QED) is 0.657. The SMILES string of the molecule is O=Cc1c(O)c(F)c(-c2ccccc2)c(F)c1F. The first-order chi connectivity index (χ1) is 8.57. The van der Waals surface area contributed by atoms with E-state index in [9.17, 15) is 23.1 Å². The molecule has 2 nitrogen and oxygen atoms in total. The van der Waals surface area contributed by atoms with Crippen LogP contribution in [0.1, 0.15) is 10.4 Å². The average molecular weight is 252 g/mol. The lowest BCUT2D eigenvalue weighted by Gasteiger charge is -2.09. The van der Waals surface area contributed by atoms with Crippen molar-refractivity contribution in [3.05, 3.63) is 53.3 Å². The number of carbonyl (C=O) groups is 1. The van der Waals surface area contributed by atoms with Crippen molar-refractivity contribution >= 4 is 6.29 Å². The zero-order valence-corrected chi connectivity index (χ0v) is 8.95. The van der Waals surface area contributed by atoms with E-state index in [4.69, 9.17) is 0 Å². The first kappa shape index (κ1) is 12.2. The summed E-state index contributed by atoms with van der Waals surface area (Å²) in [5.41, 5.74) is -1.65. The summed E-state index contributed by atoms with van der Waals surface area (Å²) in [4.78, 5) is 10.5. The number of hydrogen-bond acceptors (Lipinski definition) is 2. The molecule has 0 unspecified atom stereocenters. The summed E-state index contributed by atoms with van der Waals surface area (Å²) in [6.45, 7) is 0. The van der Waals surface area contributed by atoms with Crippen LogP contribution in [-0.2, 0) is 0 Å². The van der Waals surface area contributed by atoms with Gasteiger partial charge >= 0.3 is 0 Å². The Labute approximate surface area is 100 Å². The van der Waals surface area contributed by atoms with Gasteiger partial charge in [0.1, 0.15) is 0 Å². The molecule has 92 valence electrons. The van der Waals surface area contributed by atoms with Crippen LogP contribution in [0.3, 0.4) is 0 Å². The molecule has 0 aliphatic rings. The highest BCUT2D eigenvalue weighted by Gasteiger charge is 2.25. The largest absolute Gasteiger partial charge is 0.504 e. The van der Waals surface area contributed by atoms with E-state index in [1.54, 1.807) is 6.07 Å². The molecule has 0 fully saturated rings. The summed E-state index contributed by atoms with van der Waals surface area (Å²) in [5, 5.41) is 9.33. The lowest BCUT2D eigenvalue weighted by molar-refractivity contribution is 0.111. The molecule has 0 saturated heterocycles. The van der Waals surface area contributed by atoms with E-state index in [1.807, 2.05) is 0 Å². The smallest absolute Gasteiger partial charge is 0.176 e.